The molecule has 7 nitrogen and oxygen atoms in total. The van der Waals surface area contributed by atoms with E-state index in [0.717, 1.165) is 11.3 Å². The van der Waals surface area contributed by atoms with Crippen LogP contribution in [-0.4, -0.2) is 51.5 Å². The molecule has 0 saturated carbocycles. The zero-order chi connectivity index (χ0) is 16.1. The van der Waals surface area contributed by atoms with E-state index in [-0.39, 0.29) is 0 Å². The molecule has 2 aromatic heterocycles. The topological polar surface area (TPSA) is 75.0 Å². The van der Waals surface area contributed by atoms with Crippen molar-refractivity contribution in [3.05, 3.63) is 36.0 Å². The number of hydrogen-bond donors (Lipinski definition) is 0. The third kappa shape index (κ3) is 3.66. The molecule has 0 aliphatic heterocycles. The summed E-state index contributed by atoms with van der Waals surface area (Å²) in [5, 5.41) is 9.00. The summed E-state index contributed by atoms with van der Waals surface area (Å²) in [6.45, 7) is 1.67. The van der Waals surface area contributed by atoms with Crippen molar-refractivity contribution in [3.8, 4) is 5.69 Å². The van der Waals surface area contributed by atoms with E-state index in [1.807, 2.05) is 30.5 Å². The van der Waals surface area contributed by atoms with Crippen molar-refractivity contribution in [2.24, 2.45) is 0 Å². The monoisotopic (exact) mass is 331 g/mol. The Morgan fingerprint density at radius 3 is 3.00 bits per heavy atom. The molecule has 0 bridgehead atoms. The molecule has 0 unspecified atom stereocenters. The van der Waals surface area contributed by atoms with Crippen LogP contribution in [0.4, 0.5) is 0 Å². The van der Waals surface area contributed by atoms with Gasteiger partial charge in [0, 0.05) is 7.11 Å². The minimum Gasteiger partial charge on any atom is -0.382 e. The predicted molar refractivity (Wildman–Crippen MR) is 87.8 cm³/mol. The fraction of sp³-hybridized carbons (Fsp3) is 0.333. The number of rotatable bonds is 7. The van der Waals surface area contributed by atoms with E-state index in [1.54, 1.807) is 18.0 Å². The minimum absolute atomic E-state index is 0.523. The molecule has 120 valence electrons. The molecule has 0 aliphatic rings. The van der Waals surface area contributed by atoms with Crippen LogP contribution in [0.5, 0.6) is 0 Å². The van der Waals surface area contributed by atoms with E-state index in [4.69, 9.17) is 9.47 Å². The molecule has 23 heavy (non-hydrogen) atoms. The van der Waals surface area contributed by atoms with Crippen molar-refractivity contribution in [2.45, 2.75) is 11.8 Å². The van der Waals surface area contributed by atoms with Crippen LogP contribution in [0.15, 0.2) is 35.6 Å². The fourth-order valence-corrected chi connectivity index (χ4v) is 2.43. The number of hydrogen-bond acceptors (Lipinski definition) is 7. The third-order valence-corrected chi connectivity index (χ3v) is 3.77. The first-order valence-electron chi connectivity index (χ1n) is 7.10. The Balaban J connectivity index is 1.86. The summed E-state index contributed by atoms with van der Waals surface area (Å²) in [6, 6.07) is 7.96. The molecule has 3 rings (SSSR count). The van der Waals surface area contributed by atoms with Crippen molar-refractivity contribution < 1.29 is 9.47 Å². The van der Waals surface area contributed by atoms with Gasteiger partial charge in [-0.15, -0.1) is 5.10 Å². The molecule has 0 spiro atoms. The molecule has 0 saturated heterocycles. The Morgan fingerprint density at radius 1 is 1.26 bits per heavy atom. The Morgan fingerprint density at radius 2 is 2.17 bits per heavy atom. The fourth-order valence-electron chi connectivity index (χ4n) is 2.10. The van der Waals surface area contributed by atoms with Gasteiger partial charge < -0.3 is 9.47 Å². The van der Waals surface area contributed by atoms with Crippen LogP contribution in [0, 0.1) is 0 Å². The first-order valence-corrected chi connectivity index (χ1v) is 8.32. The van der Waals surface area contributed by atoms with Gasteiger partial charge in [-0.1, -0.05) is 29.1 Å². The molecule has 0 radical (unpaired) electrons. The molecule has 8 heteroatoms. The molecule has 0 aliphatic carbocycles. The molecule has 0 atom stereocenters. The predicted octanol–water partition coefficient (Wildman–Crippen LogP) is 2.10. The lowest BCUT2D eigenvalue weighted by atomic mass is 10.2. The van der Waals surface area contributed by atoms with Gasteiger partial charge in [0.25, 0.3) is 0 Å². The average Bonchev–Trinajstić information content (AvgIpc) is 3.02. The Hall–Kier alpha value is -2.03. The summed E-state index contributed by atoms with van der Waals surface area (Å²) in [5.74, 6) is 0. The van der Waals surface area contributed by atoms with Gasteiger partial charge in [-0.2, -0.15) is 4.68 Å². The largest absolute Gasteiger partial charge is 0.382 e. The summed E-state index contributed by atoms with van der Waals surface area (Å²) >= 11 is 1.49. The maximum absolute atomic E-state index is 5.56. The number of ether oxygens (including phenoxy) is 2. The normalized spacial score (nSPS) is 11.2. The lowest BCUT2D eigenvalue weighted by Gasteiger charge is -2.07. The van der Waals surface area contributed by atoms with Crippen molar-refractivity contribution in [1.82, 2.24) is 25.0 Å². The molecular formula is C15H17N5O2S. The van der Waals surface area contributed by atoms with Crippen LogP contribution in [-0.2, 0) is 16.1 Å². The Kier molecular flexibility index (Phi) is 5.16. The van der Waals surface area contributed by atoms with Crippen LogP contribution in [0.2, 0.25) is 0 Å². The number of aromatic nitrogens is 5. The lowest BCUT2D eigenvalue weighted by molar-refractivity contribution is 0.0616. The number of benzene rings is 1. The highest BCUT2D eigenvalue weighted by atomic mass is 32.2. The number of nitrogens with zero attached hydrogens (tertiary/aromatic N) is 5. The maximum Gasteiger partial charge on any atom is 0.189 e. The van der Waals surface area contributed by atoms with Crippen molar-refractivity contribution in [2.75, 3.05) is 26.6 Å². The zero-order valence-corrected chi connectivity index (χ0v) is 13.8. The zero-order valence-electron chi connectivity index (χ0n) is 13.0. The third-order valence-electron chi connectivity index (χ3n) is 3.21. The first kappa shape index (κ1) is 15.9. The molecule has 0 amide bonds. The van der Waals surface area contributed by atoms with E-state index in [9.17, 15) is 0 Å². The van der Waals surface area contributed by atoms with Crippen LogP contribution in [0.3, 0.4) is 0 Å². The van der Waals surface area contributed by atoms with Gasteiger partial charge >= 0.3 is 0 Å². The summed E-state index contributed by atoms with van der Waals surface area (Å²) < 4.78 is 12.2. The second-order valence-electron chi connectivity index (χ2n) is 4.78. The van der Waals surface area contributed by atoms with Crippen LogP contribution >= 0.6 is 11.8 Å². The standard InChI is InChI=1S/C15H17N5O2S/c1-21-6-7-22-10-11-4-3-5-12(8-11)20-14-13(18-19-20)9-16-15(17-14)23-2/h3-5,8-9H,6-7,10H2,1-2H3. The van der Waals surface area contributed by atoms with E-state index < -0.39 is 0 Å². The SMILES string of the molecule is COCCOCc1cccc(-n2nnc3cnc(SC)nc32)c1. The molecule has 0 N–H and O–H groups in total. The van der Waals surface area contributed by atoms with Crippen molar-refractivity contribution in [3.63, 3.8) is 0 Å². The van der Waals surface area contributed by atoms with E-state index >= 15 is 0 Å². The van der Waals surface area contributed by atoms with Crippen LogP contribution < -0.4 is 0 Å². The number of fused-ring (bicyclic) bond motifs is 1. The molecule has 1 aromatic carbocycles. The van der Waals surface area contributed by atoms with Gasteiger partial charge in [0.1, 0.15) is 0 Å². The van der Waals surface area contributed by atoms with Crippen LogP contribution in [0.25, 0.3) is 16.9 Å². The van der Waals surface area contributed by atoms with Crippen molar-refractivity contribution in [1.29, 1.82) is 0 Å². The van der Waals surface area contributed by atoms with Crippen molar-refractivity contribution >= 4 is 22.9 Å². The van der Waals surface area contributed by atoms with Gasteiger partial charge in [-0.05, 0) is 24.0 Å². The molecular weight excluding hydrogens is 314 g/mol. The van der Waals surface area contributed by atoms with Gasteiger partial charge in [-0.25, -0.2) is 9.97 Å². The second kappa shape index (κ2) is 7.49. The highest BCUT2D eigenvalue weighted by molar-refractivity contribution is 7.98. The second-order valence-corrected chi connectivity index (χ2v) is 5.56. The van der Waals surface area contributed by atoms with Gasteiger partial charge in [0.15, 0.2) is 16.3 Å². The van der Waals surface area contributed by atoms with Gasteiger partial charge in [0.05, 0.1) is 31.7 Å². The summed E-state index contributed by atoms with van der Waals surface area (Å²) in [5.41, 5.74) is 3.32. The van der Waals surface area contributed by atoms with Gasteiger partial charge in [0.2, 0.25) is 0 Å². The highest BCUT2D eigenvalue weighted by Crippen LogP contribution is 2.18. The summed E-state index contributed by atoms with van der Waals surface area (Å²) in [7, 11) is 1.66. The Bertz CT molecular complexity index is 792. The van der Waals surface area contributed by atoms with E-state index in [2.05, 4.69) is 20.3 Å². The summed E-state index contributed by atoms with van der Waals surface area (Å²) in [4.78, 5) is 8.70. The molecule has 0 fully saturated rings. The minimum atomic E-state index is 0.523. The lowest BCUT2D eigenvalue weighted by Crippen LogP contribution is -2.03. The Labute approximate surface area is 138 Å². The quantitative estimate of drug-likeness (QED) is 0.373. The highest BCUT2D eigenvalue weighted by Gasteiger charge is 2.10. The molecule has 3 aromatic rings. The molecule has 2 heterocycles. The summed E-state index contributed by atoms with van der Waals surface area (Å²) in [6.07, 6.45) is 3.63. The van der Waals surface area contributed by atoms with E-state index in [1.165, 1.54) is 11.8 Å². The van der Waals surface area contributed by atoms with Crippen LogP contribution in [0.1, 0.15) is 5.56 Å². The van der Waals surface area contributed by atoms with Gasteiger partial charge in [-0.3, -0.25) is 0 Å². The smallest absolute Gasteiger partial charge is 0.189 e. The number of methoxy groups -OCH3 is 1. The average molecular weight is 331 g/mol. The first-order chi connectivity index (χ1) is 11.3. The maximum atomic E-state index is 5.56. The number of thioether (sulfide) groups is 1. The van der Waals surface area contributed by atoms with E-state index in [0.29, 0.717) is 36.1 Å².